The predicted molar refractivity (Wildman–Crippen MR) is 124 cm³/mol. The van der Waals surface area contributed by atoms with E-state index < -0.39 is 9.84 Å². The maximum absolute atomic E-state index is 13.0. The van der Waals surface area contributed by atoms with Gasteiger partial charge in [0.15, 0.2) is 21.5 Å². The van der Waals surface area contributed by atoms with E-state index in [1.807, 2.05) is 13.0 Å². The van der Waals surface area contributed by atoms with Crippen LogP contribution in [0.1, 0.15) is 31.3 Å². The summed E-state index contributed by atoms with van der Waals surface area (Å²) in [5.74, 6) is 0.556. The van der Waals surface area contributed by atoms with Gasteiger partial charge in [-0.15, -0.1) is 5.10 Å². The van der Waals surface area contributed by atoms with Crippen LogP contribution in [-0.2, 0) is 15.7 Å². The molecule has 3 aromatic rings. The van der Waals surface area contributed by atoms with Crippen LogP contribution in [0, 0.1) is 12.8 Å². The van der Waals surface area contributed by atoms with Crippen LogP contribution < -0.4 is 4.90 Å². The molecule has 8 nitrogen and oxygen atoms in total. The van der Waals surface area contributed by atoms with E-state index in [1.54, 1.807) is 24.3 Å². The normalized spacial score (nSPS) is 16.4. The van der Waals surface area contributed by atoms with Crippen LogP contribution >= 0.6 is 0 Å². The van der Waals surface area contributed by atoms with Gasteiger partial charge in [-0.25, -0.2) is 13.1 Å². The molecule has 0 N–H and O–H groups in total. The molecule has 0 saturated carbocycles. The third-order valence-corrected chi connectivity index (χ3v) is 7.53. The molecule has 0 amide bonds. The quantitative estimate of drug-likeness (QED) is 0.543. The van der Waals surface area contributed by atoms with Crippen molar-refractivity contribution in [1.82, 2.24) is 25.1 Å². The Kier molecular flexibility index (Phi) is 6.57. The summed E-state index contributed by atoms with van der Waals surface area (Å²) in [7, 11) is -3.56. The first-order valence-electron chi connectivity index (χ1n) is 10.9. The van der Waals surface area contributed by atoms with Gasteiger partial charge in [-0.2, -0.15) is 0 Å². The molecule has 1 fully saturated rings. The Labute approximate surface area is 189 Å². The minimum absolute atomic E-state index is 0.0591. The standard InChI is InChI=1S/C23H30N6O2S/c1-18(2)22(28-15-13-27(14-16-28)20-7-5-4-6-8-20)23-24-25-26-29(23)17-32(30,31)21-11-9-19(3)10-12-21/h4-12,18,22H,13-17H2,1-3H3/t22-/m1/s1. The van der Waals surface area contributed by atoms with Crippen LogP contribution in [0.2, 0.25) is 0 Å². The lowest BCUT2D eigenvalue weighted by Crippen LogP contribution is -2.49. The Bertz CT molecular complexity index is 1120. The molecule has 32 heavy (non-hydrogen) atoms. The second-order valence-electron chi connectivity index (χ2n) is 8.64. The Morgan fingerprint density at radius 3 is 2.22 bits per heavy atom. The number of nitrogens with zero attached hydrogens (tertiary/aromatic N) is 6. The molecule has 0 spiro atoms. The van der Waals surface area contributed by atoms with E-state index in [-0.39, 0.29) is 22.7 Å². The minimum Gasteiger partial charge on any atom is -0.369 e. The number of aromatic nitrogens is 4. The summed E-state index contributed by atoms with van der Waals surface area (Å²) in [6.07, 6.45) is 0. The first-order valence-corrected chi connectivity index (χ1v) is 12.6. The average Bonchev–Trinajstić information content (AvgIpc) is 3.22. The number of tetrazole rings is 1. The van der Waals surface area contributed by atoms with Gasteiger partial charge in [-0.3, -0.25) is 4.90 Å². The fourth-order valence-electron chi connectivity index (χ4n) is 4.28. The summed E-state index contributed by atoms with van der Waals surface area (Å²) in [6, 6.07) is 17.2. The number of sulfone groups is 1. The van der Waals surface area contributed by atoms with Gasteiger partial charge in [-0.05, 0) is 47.5 Å². The van der Waals surface area contributed by atoms with Crippen molar-refractivity contribution in [1.29, 1.82) is 0 Å². The molecule has 170 valence electrons. The van der Waals surface area contributed by atoms with Gasteiger partial charge in [0.25, 0.3) is 0 Å². The van der Waals surface area contributed by atoms with Crippen LogP contribution in [0.3, 0.4) is 0 Å². The largest absolute Gasteiger partial charge is 0.369 e. The molecule has 1 aliphatic rings. The van der Waals surface area contributed by atoms with Crippen molar-refractivity contribution in [2.75, 3.05) is 31.1 Å². The van der Waals surface area contributed by atoms with E-state index in [4.69, 9.17) is 0 Å². The van der Waals surface area contributed by atoms with Gasteiger partial charge < -0.3 is 4.90 Å². The van der Waals surface area contributed by atoms with Crippen molar-refractivity contribution in [3.05, 3.63) is 66.0 Å². The molecule has 2 aromatic carbocycles. The summed E-state index contributed by atoms with van der Waals surface area (Å²) >= 11 is 0. The van der Waals surface area contributed by atoms with E-state index in [1.165, 1.54) is 10.4 Å². The number of rotatable bonds is 7. The van der Waals surface area contributed by atoms with Gasteiger partial charge in [-0.1, -0.05) is 49.7 Å². The summed E-state index contributed by atoms with van der Waals surface area (Å²) in [6.45, 7) is 9.70. The van der Waals surface area contributed by atoms with Crippen LogP contribution in [0.5, 0.6) is 0 Å². The molecular formula is C23H30N6O2S. The number of hydrogen-bond acceptors (Lipinski definition) is 7. The number of benzene rings is 2. The van der Waals surface area contributed by atoms with Crippen molar-refractivity contribution in [3.63, 3.8) is 0 Å². The highest BCUT2D eigenvalue weighted by molar-refractivity contribution is 7.90. The van der Waals surface area contributed by atoms with Gasteiger partial charge in [0.2, 0.25) is 0 Å². The van der Waals surface area contributed by atoms with Crippen LogP contribution in [0.25, 0.3) is 0 Å². The van der Waals surface area contributed by atoms with E-state index in [0.29, 0.717) is 5.82 Å². The lowest BCUT2D eigenvalue weighted by Gasteiger charge is -2.41. The van der Waals surface area contributed by atoms with Crippen LogP contribution in [-0.4, -0.2) is 59.7 Å². The van der Waals surface area contributed by atoms with Crippen LogP contribution in [0.4, 0.5) is 5.69 Å². The summed E-state index contributed by atoms with van der Waals surface area (Å²) in [5, 5.41) is 12.1. The lowest BCUT2D eigenvalue weighted by atomic mass is 10.0. The topological polar surface area (TPSA) is 84.2 Å². The molecule has 1 aliphatic heterocycles. The van der Waals surface area contributed by atoms with Gasteiger partial charge in [0, 0.05) is 31.9 Å². The first kappa shape index (κ1) is 22.4. The second kappa shape index (κ2) is 9.38. The number of anilines is 1. The Balaban J connectivity index is 1.52. The average molecular weight is 455 g/mol. The first-order chi connectivity index (χ1) is 15.3. The highest BCUT2D eigenvalue weighted by atomic mass is 32.2. The molecule has 4 rings (SSSR count). The Morgan fingerprint density at radius 1 is 0.938 bits per heavy atom. The fraction of sp³-hybridized carbons (Fsp3) is 0.435. The van der Waals surface area contributed by atoms with Gasteiger partial charge in [0.05, 0.1) is 10.9 Å². The molecular weight excluding hydrogens is 424 g/mol. The zero-order valence-electron chi connectivity index (χ0n) is 18.8. The zero-order valence-corrected chi connectivity index (χ0v) is 19.6. The minimum atomic E-state index is -3.56. The van der Waals surface area contributed by atoms with Crippen LogP contribution in [0.15, 0.2) is 59.5 Å². The molecule has 2 heterocycles. The highest BCUT2D eigenvalue weighted by Gasteiger charge is 2.32. The predicted octanol–water partition coefficient (Wildman–Crippen LogP) is 2.93. The highest BCUT2D eigenvalue weighted by Crippen LogP contribution is 2.29. The van der Waals surface area contributed by atoms with E-state index in [9.17, 15) is 8.42 Å². The van der Waals surface area contributed by atoms with Crippen molar-refractivity contribution in [2.24, 2.45) is 5.92 Å². The third kappa shape index (κ3) is 4.83. The number of para-hydroxylation sites is 1. The lowest BCUT2D eigenvalue weighted by molar-refractivity contribution is 0.135. The van der Waals surface area contributed by atoms with E-state index in [2.05, 4.69) is 63.4 Å². The molecule has 0 bridgehead atoms. The Morgan fingerprint density at radius 2 is 1.59 bits per heavy atom. The molecule has 0 radical (unpaired) electrons. The Hall–Kier alpha value is -2.78. The van der Waals surface area contributed by atoms with Gasteiger partial charge in [0.1, 0.15) is 0 Å². The molecule has 1 saturated heterocycles. The molecule has 0 unspecified atom stereocenters. The summed E-state index contributed by atoms with van der Waals surface area (Å²) in [4.78, 5) is 5.02. The van der Waals surface area contributed by atoms with Crippen molar-refractivity contribution in [3.8, 4) is 0 Å². The maximum atomic E-state index is 13.0. The fourth-order valence-corrected chi connectivity index (χ4v) is 5.48. The van der Waals surface area contributed by atoms with Crippen molar-refractivity contribution >= 4 is 15.5 Å². The molecule has 1 aromatic heterocycles. The summed E-state index contributed by atoms with van der Waals surface area (Å²) in [5.41, 5.74) is 2.24. The van der Waals surface area contributed by atoms with Crippen molar-refractivity contribution in [2.45, 2.75) is 37.6 Å². The SMILES string of the molecule is Cc1ccc(S(=O)(=O)Cn2nnnc2[C@@H](C(C)C)N2CCN(c3ccccc3)CC2)cc1. The third-order valence-electron chi connectivity index (χ3n) is 5.96. The monoisotopic (exact) mass is 454 g/mol. The smallest absolute Gasteiger partial charge is 0.198 e. The number of piperazine rings is 1. The number of hydrogen-bond donors (Lipinski definition) is 0. The van der Waals surface area contributed by atoms with E-state index in [0.717, 1.165) is 31.7 Å². The summed E-state index contributed by atoms with van der Waals surface area (Å²) < 4.78 is 27.4. The number of aryl methyl sites for hydroxylation is 1. The molecule has 1 atom stereocenters. The van der Waals surface area contributed by atoms with Gasteiger partial charge >= 0.3 is 0 Å². The van der Waals surface area contributed by atoms with E-state index >= 15 is 0 Å². The second-order valence-corrected chi connectivity index (χ2v) is 10.6. The van der Waals surface area contributed by atoms with Crippen molar-refractivity contribution < 1.29 is 8.42 Å². The maximum Gasteiger partial charge on any atom is 0.198 e. The molecule has 0 aliphatic carbocycles. The zero-order chi connectivity index (χ0) is 22.7. The molecule has 9 heteroatoms.